The number of rotatable bonds is 7. The van der Waals surface area contributed by atoms with Crippen LogP contribution in [0.15, 0.2) is 66.2 Å². The van der Waals surface area contributed by atoms with Crippen molar-refractivity contribution in [2.24, 2.45) is 0 Å². The second kappa shape index (κ2) is 11.1. The quantitative estimate of drug-likeness (QED) is 0.307. The van der Waals surface area contributed by atoms with Gasteiger partial charge in [-0.05, 0) is 67.1 Å². The number of ether oxygens (including phenoxy) is 2. The minimum Gasteiger partial charge on any atom is -0.508 e. The van der Waals surface area contributed by atoms with Gasteiger partial charge in [-0.1, -0.05) is 29.3 Å². The van der Waals surface area contributed by atoms with Gasteiger partial charge in [0.15, 0.2) is 18.1 Å². The van der Waals surface area contributed by atoms with Crippen LogP contribution in [-0.2, 0) is 14.4 Å². The van der Waals surface area contributed by atoms with Gasteiger partial charge in [-0.25, -0.2) is 9.69 Å². The largest absolute Gasteiger partial charge is 0.508 e. The molecule has 5 amide bonds. The molecule has 1 saturated heterocycles. The van der Waals surface area contributed by atoms with Crippen LogP contribution in [0.5, 0.6) is 17.2 Å². The second-order valence-corrected chi connectivity index (χ2v) is 8.62. The van der Waals surface area contributed by atoms with Crippen molar-refractivity contribution in [1.29, 1.82) is 0 Å². The highest BCUT2D eigenvalue weighted by Gasteiger charge is 2.36. The Morgan fingerprint density at radius 3 is 2.42 bits per heavy atom. The van der Waals surface area contributed by atoms with Gasteiger partial charge >= 0.3 is 6.03 Å². The van der Waals surface area contributed by atoms with Gasteiger partial charge in [0.1, 0.15) is 11.3 Å². The second-order valence-electron chi connectivity index (χ2n) is 8.21. The fourth-order valence-electron chi connectivity index (χ4n) is 3.60. The summed E-state index contributed by atoms with van der Waals surface area (Å²) < 4.78 is 10.9. The highest BCUT2D eigenvalue weighted by Crippen LogP contribution is 2.37. The molecule has 0 aliphatic carbocycles. The smallest absolute Gasteiger partial charge is 0.335 e. The molecular formula is C27H22ClN3O7. The molecule has 10 nitrogen and oxygen atoms in total. The van der Waals surface area contributed by atoms with Gasteiger partial charge in [-0.3, -0.25) is 19.7 Å². The maximum Gasteiger partial charge on any atom is 0.335 e. The van der Waals surface area contributed by atoms with Gasteiger partial charge in [0, 0.05) is 5.69 Å². The first kappa shape index (κ1) is 26.2. The number of aromatic hydroxyl groups is 1. The van der Waals surface area contributed by atoms with Crippen LogP contribution in [0.3, 0.4) is 0 Å². The molecule has 3 aromatic carbocycles. The fourth-order valence-corrected chi connectivity index (χ4v) is 3.87. The summed E-state index contributed by atoms with van der Waals surface area (Å²) in [5.41, 5.74) is 1.80. The number of urea groups is 1. The van der Waals surface area contributed by atoms with E-state index in [9.17, 15) is 24.3 Å². The van der Waals surface area contributed by atoms with Crippen LogP contribution in [-0.4, -0.2) is 42.6 Å². The molecule has 1 aliphatic heterocycles. The van der Waals surface area contributed by atoms with Crippen LogP contribution in [0.1, 0.15) is 11.1 Å². The molecule has 0 bridgehead atoms. The molecule has 1 heterocycles. The first-order valence-electron chi connectivity index (χ1n) is 11.2. The molecule has 0 radical (unpaired) electrons. The molecule has 0 saturated carbocycles. The predicted octanol–water partition coefficient (Wildman–Crippen LogP) is 4.05. The third-order valence-corrected chi connectivity index (χ3v) is 5.74. The number of nitrogens with one attached hydrogen (secondary N) is 2. The minimum absolute atomic E-state index is 0.0536. The fraction of sp³-hybridized carbons (Fsp3) is 0.111. The average molecular weight is 536 g/mol. The van der Waals surface area contributed by atoms with E-state index in [-0.39, 0.29) is 40.1 Å². The highest BCUT2D eigenvalue weighted by molar-refractivity contribution is 6.39. The number of aryl methyl sites for hydroxylation is 1. The Kier molecular flexibility index (Phi) is 7.63. The summed E-state index contributed by atoms with van der Waals surface area (Å²) in [6, 6.07) is 14.6. The van der Waals surface area contributed by atoms with E-state index in [0.717, 1.165) is 10.5 Å². The van der Waals surface area contributed by atoms with Crippen LogP contribution in [0.25, 0.3) is 6.08 Å². The molecule has 0 atom stereocenters. The lowest BCUT2D eigenvalue weighted by Gasteiger charge is -2.26. The summed E-state index contributed by atoms with van der Waals surface area (Å²) in [5, 5.41) is 14.4. The number of hydrogen-bond donors (Lipinski definition) is 3. The van der Waals surface area contributed by atoms with E-state index >= 15 is 0 Å². The van der Waals surface area contributed by atoms with Crippen molar-refractivity contribution in [2.45, 2.75) is 6.92 Å². The van der Waals surface area contributed by atoms with E-state index in [1.54, 1.807) is 12.1 Å². The van der Waals surface area contributed by atoms with Crippen molar-refractivity contribution in [1.82, 2.24) is 5.32 Å². The van der Waals surface area contributed by atoms with Crippen LogP contribution in [0.2, 0.25) is 5.02 Å². The number of anilines is 2. The maximum absolute atomic E-state index is 13.1. The van der Waals surface area contributed by atoms with Crippen molar-refractivity contribution in [2.75, 3.05) is 23.9 Å². The standard InChI is InChI=1S/C27H22ClN3O7/c1-15-3-5-17(6-4-15)29-23(33)14-38-24-21(28)12-16(13-22(24)37-2)11-20-25(34)30-27(36)31(26(20)35)18-7-9-19(32)10-8-18/h3-13,32H,14H2,1-2H3,(H,29,33)(H,30,34,36)/b20-11+. The molecule has 0 aromatic heterocycles. The predicted molar refractivity (Wildman–Crippen MR) is 140 cm³/mol. The van der Waals surface area contributed by atoms with Gasteiger partial charge in [0.25, 0.3) is 17.7 Å². The van der Waals surface area contributed by atoms with E-state index in [1.807, 2.05) is 19.1 Å². The van der Waals surface area contributed by atoms with Gasteiger partial charge < -0.3 is 19.9 Å². The Morgan fingerprint density at radius 1 is 1.08 bits per heavy atom. The van der Waals surface area contributed by atoms with Gasteiger partial charge in [0.05, 0.1) is 17.8 Å². The minimum atomic E-state index is -0.925. The molecule has 4 rings (SSSR count). The maximum atomic E-state index is 13.1. The summed E-state index contributed by atoms with van der Waals surface area (Å²) in [7, 11) is 1.37. The third-order valence-electron chi connectivity index (χ3n) is 5.46. The van der Waals surface area contributed by atoms with E-state index in [2.05, 4.69) is 10.6 Å². The molecule has 11 heteroatoms. The molecule has 38 heavy (non-hydrogen) atoms. The molecule has 1 fully saturated rings. The van der Waals surface area contributed by atoms with Gasteiger partial charge in [-0.2, -0.15) is 0 Å². The normalized spacial score (nSPS) is 14.3. The van der Waals surface area contributed by atoms with Crippen molar-refractivity contribution in [3.63, 3.8) is 0 Å². The molecule has 1 aliphatic rings. The summed E-state index contributed by atoms with van der Waals surface area (Å²) >= 11 is 6.39. The Morgan fingerprint density at radius 2 is 1.76 bits per heavy atom. The van der Waals surface area contributed by atoms with Crippen molar-refractivity contribution >= 4 is 52.8 Å². The number of amides is 5. The number of phenols is 1. The first-order chi connectivity index (χ1) is 18.2. The number of carbonyl (C=O) groups is 4. The number of phenolic OH excluding ortho intramolecular Hbond substituents is 1. The first-order valence-corrected chi connectivity index (χ1v) is 11.6. The van der Waals surface area contributed by atoms with Crippen LogP contribution >= 0.6 is 11.6 Å². The molecule has 0 spiro atoms. The lowest BCUT2D eigenvalue weighted by Crippen LogP contribution is -2.54. The topological polar surface area (TPSA) is 134 Å². The monoisotopic (exact) mass is 535 g/mol. The summed E-state index contributed by atoms with van der Waals surface area (Å²) in [5.74, 6) is -1.98. The number of imide groups is 2. The number of halogens is 1. The number of barbiturate groups is 1. The number of methoxy groups -OCH3 is 1. The molecular weight excluding hydrogens is 514 g/mol. The van der Waals surface area contributed by atoms with Gasteiger partial charge in [-0.15, -0.1) is 0 Å². The number of hydrogen-bond acceptors (Lipinski definition) is 7. The van der Waals surface area contributed by atoms with Crippen LogP contribution < -0.4 is 25.0 Å². The van der Waals surface area contributed by atoms with Crippen molar-refractivity contribution < 1.29 is 33.8 Å². The Labute approximate surface area is 222 Å². The van der Waals surface area contributed by atoms with Crippen molar-refractivity contribution in [3.05, 3.63) is 82.4 Å². The van der Waals surface area contributed by atoms with E-state index in [0.29, 0.717) is 11.3 Å². The summed E-state index contributed by atoms with van der Waals surface area (Å²) in [6.45, 7) is 1.58. The third kappa shape index (κ3) is 5.76. The van der Waals surface area contributed by atoms with E-state index in [4.69, 9.17) is 21.1 Å². The lowest BCUT2D eigenvalue weighted by molar-refractivity contribution is -0.122. The summed E-state index contributed by atoms with van der Waals surface area (Å²) in [4.78, 5) is 51.0. The number of nitrogens with zero attached hydrogens (tertiary/aromatic N) is 1. The zero-order valence-corrected chi connectivity index (χ0v) is 21.0. The Bertz CT molecular complexity index is 1450. The number of carbonyl (C=O) groups excluding carboxylic acids is 4. The van der Waals surface area contributed by atoms with Crippen molar-refractivity contribution in [3.8, 4) is 17.2 Å². The summed E-state index contributed by atoms with van der Waals surface area (Å²) in [6.07, 6.45) is 1.25. The van der Waals surface area contributed by atoms with E-state index < -0.39 is 23.8 Å². The van der Waals surface area contributed by atoms with E-state index in [1.165, 1.54) is 49.6 Å². The molecule has 3 aromatic rings. The molecule has 3 N–H and O–H groups in total. The van der Waals surface area contributed by atoms with Gasteiger partial charge in [0.2, 0.25) is 0 Å². The highest BCUT2D eigenvalue weighted by atomic mass is 35.5. The molecule has 0 unspecified atom stereocenters. The lowest BCUT2D eigenvalue weighted by atomic mass is 10.1. The zero-order chi connectivity index (χ0) is 27.4. The Balaban J connectivity index is 1.55. The average Bonchev–Trinajstić information content (AvgIpc) is 2.88. The number of benzene rings is 3. The zero-order valence-electron chi connectivity index (χ0n) is 20.3. The van der Waals surface area contributed by atoms with Crippen LogP contribution in [0.4, 0.5) is 16.2 Å². The Hall–Kier alpha value is -4.83. The SMILES string of the molecule is COc1cc(/C=C2\C(=O)NC(=O)N(c3ccc(O)cc3)C2=O)cc(Cl)c1OCC(=O)Nc1ccc(C)cc1. The molecule has 194 valence electrons. The van der Waals surface area contributed by atoms with Crippen LogP contribution in [0, 0.1) is 6.92 Å².